The SMILES string of the molecule is CCCC(CCC)NCC(F)F. The van der Waals surface area contributed by atoms with Crippen LogP contribution in [0, 0.1) is 0 Å². The number of rotatable bonds is 7. The Hall–Kier alpha value is -0.180. The summed E-state index contributed by atoms with van der Waals surface area (Å²) in [5.74, 6) is 0. The van der Waals surface area contributed by atoms with Gasteiger partial charge in [-0.1, -0.05) is 26.7 Å². The largest absolute Gasteiger partial charge is 0.309 e. The first-order chi connectivity index (χ1) is 5.70. The lowest BCUT2D eigenvalue weighted by Crippen LogP contribution is -2.32. The van der Waals surface area contributed by atoms with Gasteiger partial charge in [0.25, 0.3) is 6.43 Å². The van der Waals surface area contributed by atoms with Gasteiger partial charge in [0.05, 0.1) is 6.54 Å². The number of hydrogen-bond donors (Lipinski definition) is 1. The molecule has 0 aliphatic carbocycles. The van der Waals surface area contributed by atoms with Crippen molar-refractivity contribution in [3.8, 4) is 0 Å². The van der Waals surface area contributed by atoms with Crippen LogP contribution in [0.25, 0.3) is 0 Å². The molecule has 0 aromatic heterocycles. The molecule has 12 heavy (non-hydrogen) atoms. The van der Waals surface area contributed by atoms with Crippen LogP contribution in [0.2, 0.25) is 0 Å². The zero-order valence-electron chi connectivity index (χ0n) is 7.95. The Balaban J connectivity index is 3.48. The van der Waals surface area contributed by atoms with Gasteiger partial charge in [0.1, 0.15) is 0 Å². The first kappa shape index (κ1) is 11.8. The summed E-state index contributed by atoms with van der Waals surface area (Å²) in [6.07, 6.45) is 1.89. The molecule has 0 aromatic carbocycles. The van der Waals surface area contributed by atoms with E-state index in [1.807, 2.05) is 0 Å². The quantitative estimate of drug-likeness (QED) is 0.633. The van der Waals surface area contributed by atoms with Gasteiger partial charge in [-0.05, 0) is 12.8 Å². The molecule has 0 aromatic rings. The zero-order valence-corrected chi connectivity index (χ0v) is 7.95. The second-order valence-electron chi connectivity index (χ2n) is 3.07. The van der Waals surface area contributed by atoms with Crippen molar-refractivity contribution >= 4 is 0 Å². The van der Waals surface area contributed by atoms with E-state index in [2.05, 4.69) is 19.2 Å². The molecule has 74 valence electrons. The van der Waals surface area contributed by atoms with Gasteiger partial charge < -0.3 is 5.32 Å². The Morgan fingerprint density at radius 1 is 1.08 bits per heavy atom. The molecule has 0 radical (unpaired) electrons. The summed E-state index contributed by atoms with van der Waals surface area (Å²) in [5.41, 5.74) is 0. The lowest BCUT2D eigenvalue weighted by molar-refractivity contribution is 0.139. The van der Waals surface area contributed by atoms with Crippen LogP contribution < -0.4 is 5.32 Å². The fourth-order valence-corrected chi connectivity index (χ4v) is 1.30. The monoisotopic (exact) mass is 179 g/mol. The van der Waals surface area contributed by atoms with E-state index in [1.54, 1.807) is 0 Å². The minimum Gasteiger partial charge on any atom is -0.309 e. The van der Waals surface area contributed by atoms with E-state index < -0.39 is 6.43 Å². The van der Waals surface area contributed by atoms with Crippen LogP contribution in [0.1, 0.15) is 39.5 Å². The van der Waals surface area contributed by atoms with Crippen molar-refractivity contribution in [1.82, 2.24) is 5.32 Å². The Morgan fingerprint density at radius 2 is 1.58 bits per heavy atom. The van der Waals surface area contributed by atoms with E-state index >= 15 is 0 Å². The standard InChI is InChI=1S/C9H19F2N/c1-3-5-8(6-4-2)12-7-9(10)11/h8-9,12H,3-7H2,1-2H3. The molecule has 0 heterocycles. The van der Waals surface area contributed by atoms with Crippen LogP contribution in [0.4, 0.5) is 8.78 Å². The molecule has 0 aliphatic heterocycles. The van der Waals surface area contributed by atoms with Crippen LogP contribution in [0.3, 0.4) is 0 Å². The van der Waals surface area contributed by atoms with Crippen molar-refractivity contribution in [2.45, 2.75) is 52.0 Å². The van der Waals surface area contributed by atoms with Gasteiger partial charge in [0.15, 0.2) is 0 Å². The molecule has 0 amide bonds. The van der Waals surface area contributed by atoms with Crippen molar-refractivity contribution in [2.24, 2.45) is 0 Å². The fraction of sp³-hybridized carbons (Fsp3) is 1.00. The number of alkyl halides is 2. The summed E-state index contributed by atoms with van der Waals surface area (Å²) in [7, 11) is 0. The normalized spacial score (nSPS) is 11.5. The van der Waals surface area contributed by atoms with Gasteiger partial charge in [-0.2, -0.15) is 0 Å². The van der Waals surface area contributed by atoms with E-state index in [9.17, 15) is 8.78 Å². The highest BCUT2D eigenvalue weighted by molar-refractivity contribution is 4.65. The van der Waals surface area contributed by atoms with Gasteiger partial charge in [-0.3, -0.25) is 0 Å². The van der Waals surface area contributed by atoms with Gasteiger partial charge in [0, 0.05) is 6.04 Å². The summed E-state index contributed by atoms with van der Waals surface area (Å²) >= 11 is 0. The first-order valence-electron chi connectivity index (χ1n) is 4.72. The molecule has 0 fully saturated rings. The molecule has 0 spiro atoms. The molecule has 1 nitrogen and oxygen atoms in total. The summed E-state index contributed by atoms with van der Waals surface area (Å²) in [6, 6.07) is 0.286. The number of nitrogens with one attached hydrogen (secondary N) is 1. The Labute approximate surface area is 73.5 Å². The average molecular weight is 179 g/mol. The summed E-state index contributed by atoms with van der Waals surface area (Å²) < 4.78 is 23.6. The molecular weight excluding hydrogens is 160 g/mol. The second kappa shape index (κ2) is 7.47. The molecule has 0 saturated carbocycles. The van der Waals surface area contributed by atoms with Gasteiger partial charge in [-0.25, -0.2) is 8.78 Å². The maximum Gasteiger partial charge on any atom is 0.250 e. The highest BCUT2D eigenvalue weighted by Crippen LogP contribution is 2.04. The zero-order chi connectivity index (χ0) is 9.40. The van der Waals surface area contributed by atoms with Gasteiger partial charge in [-0.15, -0.1) is 0 Å². The molecule has 0 aliphatic rings. The van der Waals surface area contributed by atoms with E-state index in [4.69, 9.17) is 0 Å². The van der Waals surface area contributed by atoms with Gasteiger partial charge >= 0.3 is 0 Å². The minimum absolute atomic E-state index is 0.162. The molecule has 0 saturated heterocycles. The molecule has 0 atom stereocenters. The third-order valence-electron chi connectivity index (χ3n) is 1.84. The van der Waals surface area contributed by atoms with Crippen LogP contribution in [0.5, 0.6) is 0 Å². The van der Waals surface area contributed by atoms with E-state index in [-0.39, 0.29) is 12.6 Å². The van der Waals surface area contributed by atoms with Crippen LogP contribution in [-0.2, 0) is 0 Å². The van der Waals surface area contributed by atoms with Gasteiger partial charge in [0.2, 0.25) is 0 Å². The highest BCUT2D eigenvalue weighted by atomic mass is 19.3. The molecule has 0 unspecified atom stereocenters. The lowest BCUT2D eigenvalue weighted by Gasteiger charge is -2.16. The van der Waals surface area contributed by atoms with Crippen molar-refractivity contribution in [2.75, 3.05) is 6.54 Å². The summed E-state index contributed by atoms with van der Waals surface area (Å²) in [4.78, 5) is 0. The van der Waals surface area contributed by atoms with Crippen molar-refractivity contribution in [1.29, 1.82) is 0 Å². The Bertz CT molecular complexity index is 90.5. The van der Waals surface area contributed by atoms with Crippen LogP contribution in [-0.4, -0.2) is 19.0 Å². The van der Waals surface area contributed by atoms with Crippen LogP contribution >= 0.6 is 0 Å². The Kier molecular flexibility index (Phi) is 7.36. The maximum atomic E-state index is 11.8. The fourth-order valence-electron chi connectivity index (χ4n) is 1.30. The molecule has 1 N–H and O–H groups in total. The minimum atomic E-state index is -2.22. The smallest absolute Gasteiger partial charge is 0.250 e. The second-order valence-corrected chi connectivity index (χ2v) is 3.07. The molecular formula is C9H19F2N. The highest BCUT2D eigenvalue weighted by Gasteiger charge is 2.08. The molecule has 0 rings (SSSR count). The molecule has 3 heteroatoms. The predicted molar refractivity (Wildman–Crippen MR) is 47.6 cm³/mol. The summed E-state index contributed by atoms with van der Waals surface area (Å²) in [5, 5.41) is 2.87. The third-order valence-corrected chi connectivity index (χ3v) is 1.84. The van der Waals surface area contributed by atoms with E-state index in [1.165, 1.54) is 0 Å². The predicted octanol–water partition coefficient (Wildman–Crippen LogP) is 2.81. The third kappa shape index (κ3) is 6.53. The van der Waals surface area contributed by atoms with Crippen molar-refractivity contribution < 1.29 is 8.78 Å². The topological polar surface area (TPSA) is 12.0 Å². The lowest BCUT2D eigenvalue weighted by atomic mass is 10.1. The van der Waals surface area contributed by atoms with Crippen molar-refractivity contribution in [3.63, 3.8) is 0 Å². The Morgan fingerprint density at radius 3 is 1.92 bits per heavy atom. The van der Waals surface area contributed by atoms with Crippen molar-refractivity contribution in [3.05, 3.63) is 0 Å². The van der Waals surface area contributed by atoms with E-state index in [0.29, 0.717) is 0 Å². The average Bonchev–Trinajstić information content (AvgIpc) is 2.01. The first-order valence-corrected chi connectivity index (χ1v) is 4.72. The number of halogens is 2. The summed E-state index contributed by atoms with van der Waals surface area (Å²) in [6.45, 7) is 3.99. The maximum absolute atomic E-state index is 11.8. The number of hydrogen-bond acceptors (Lipinski definition) is 1. The van der Waals surface area contributed by atoms with Crippen LogP contribution in [0.15, 0.2) is 0 Å². The van der Waals surface area contributed by atoms with E-state index in [0.717, 1.165) is 25.7 Å². The molecule has 0 bridgehead atoms.